The first kappa shape index (κ1) is 27.3. The molecule has 2 aliphatic carbocycles. The number of pyridine rings is 2. The molecule has 224 valence electrons. The van der Waals surface area contributed by atoms with Crippen LogP contribution >= 0.6 is 0 Å². The van der Waals surface area contributed by atoms with E-state index in [1.165, 1.54) is 44.5 Å². The molecule has 49 heavy (non-hydrogen) atoms. The molecule has 1 spiro atoms. The van der Waals surface area contributed by atoms with Gasteiger partial charge in [0, 0.05) is 35.9 Å². The van der Waals surface area contributed by atoms with Gasteiger partial charge in [0.25, 0.3) is 0 Å². The molecule has 0 atom stereocenters. The van der Waals surface area contributed by atoms with E-state index in [0.29, 0.717) is 11.1 Å². The van der Waals surface area contributed by atoms with Gasteiger partial charge in [0.15, 0.2) is 0 Å². The maximum absolute atomic E-state index is 9.82. The van der Waals surface area contributed by atoms with Crippen LogP contribution in [0.4, 0.5) is 0 Å². The van der Waals surface area contributed by atoms with E-state index in [1.54, 1.807) is 12.4 Å². The Morgan fingerprint density at radius 3 is 1.27 bits per heavy atom. The van der Waals surface area contributed by atoms with Crippen molar-refractivity contribution in [3.63, 3.8) is 0 Å². The van der Waals surface area contributed by atoms with Crippen LogP contribution in [0.1, 0.15) is 33.4 Å². The average molecular weight is 621 g/mol. The fourth-order valence-electron chi connectivity index (χ4n) is 8.62. The minimum atomic E-state index is -0.629. The van der Waals surface area contributed by atoms with E-state index in [1.807, 2.05) is 24.5 Å². The van der Waals surface area contributed by atoms with Crippen LogP contribution in [-0.2, 0) is 5.41 Å². The van der Waals surface area contributed by atoms with Gasteiger partial charge in [-0.25, -0.2) is 0 Å². The Balaban J connectivity index is 1.45. The lowest BCUT2D eigenvalue weighted by Gasteiger charge is -2.31. The third-order valence-corrected chi connectivity index (χ3v) is 10.5. The fraction of sp³-hybridized carbons (Fsp3) is 0.0222. The quantitative estimate of drug-likeness (QED) is 0.193. The third-order valence-electron chi connectivity index (χ3n) is 10.5. The second-order valence-corrected chi connectivity index (χ2v) is 12.8. The molecule has 0 radical (unpaired) electrons. The molecule has 0 fully saturated rings. The van der Waals surface area contributed by atoms with Gasteiger partial charge in [-0.2, -0.15) is 10.5 Å². The van der Waals surface area contributed by atoms with Gasteiger partial charge < -0.3 is 0 Å². The Bertz CT molecular complexity index is 2620. The fourth-order valence-corrected chi connectivity index (χ4v) is 8.62. The predicted octanol–water partition coefficient (Wildman–Crippen LogP) is 10.2. The molecular weight excluding hydrogens is 597 g/mol. The van der Waals surface area contributed by atoms with Crippen LogP contribution in [0, 0.1) is 22.7 Å². The predicted molar refractivity (Wildman–Crippen MR) is 194 cm³/mol. The average Bonchev–Trinajstić information content (AvgIpc) is 3.65. The molecule has 2 aromatic heterocycles. The highest BCUT2D eigenvalue weighted by Crippen LogP contribution is 2.66. The first-order chi connectivity index (χ1) is 24.2. The number of fused-ring (bicyclic) bond motifs is 14. The molecule has 0 saturated carbocycles. The zero-order chi connectivity index (χ0) is 32.7. The summed E-state index contributed by atoms with van der Waals surface area (Å²) in [6.45, 7) is 0. The molecule has 6 aromatic carbocycles. The monoisotopic (exact) mass is 620 g/mol. The zero-order valence-electron chi connectivity index (χ0n) is 26.1. The number of hydrogen-bond donors (Lipinski definition) is 0. The molecule has 0 aliphatic heterocycles. The summed E-state index contributed by atoms with van der Waals surface area (Å²) in [6, 6.07) is 48.0. The van der Waals surface area contributed by atoms with Crippen molar-refractivity contribution in [2.75, 3.05) is 0 Å². The minimum absolute atomic E-state index is 0.528. The number of aromatic nitrogens is 2. The van der Waals surface area contributed by atoms with Crippen molar-refractivity contribution in [1.29, 1.82) is 10.5 Å². The number of nitriles is 2. The van der Waals surface area contributed by atoms with Crippen LogP contribution in [0.25, 0.3) is 66.1 Å². The molecule has 10 rings (SSSR count). The molecule has 0 saturated heterocycles. The lowest BCUT2D eigenvalue weighted by molar-refractivity contribution is 0.795. The molecule has 2 aliphatic rings. The number of nitrogens with zero attached hydrogens (tertiary/aromatic N) is 4. The van der Waals surface area contributed by atoms with Crippen molar-refractivity contribution >= 4 is 21.5 Å². The topological polar surface area (TPSA) is 73.4 Å². The largest absolute Gasteiger partial charge is 0.263 e. The summed E-state index contributed by atoms with van der Waals surface area (Å²) in [6.07, 6.45) is 6.96. The van der Waals surface area contributed by atoms with Crippen LogP contribution < -0.4 is 0 Å². The lowest BCUT2D eigenvalue weighted by Crippen LogP contribution is -2.26. The van der Waals surface area contributed by atoms with Crippen molar-refractivity contribution in [2.45, 2.75) is 5.41 Å². The van der Waals surface area contributed by atoms with Crippen molar-refractivity contribution in [1.82, 2.24) is 9.97 Å². The highest BCUT2D eigenvalue weighted by molar-refractivity contribution is 6.18. The van der Waals surface area contributed by atoms with Crippen LogP contribution in [0.2, 0.25) is 0 Å². The number of benzene rings is 6. The van der Waals surface area contributed by atoms with Gasteiger partial charge >= 0.3 is 0 Å². The molecular formula is C45H24N4. The number of rotatable bonds is 2. The Morgan fingerprint density at radius 1 is 0.408 bits per heavy atom. The summed E-state index contributed by atoms with van der Waals surface area (Å²) in [4.78, 5) is 8.96. The SMILES string of the molecule is N#Cc1cncc(-c2cc3c(c4ccccc24)-c2c(cc(-c4cncc(C#N)c4)c4ccccc24)C32c3ccccc3-c3ccccc32)c1. The van der Waals surface area contributed by atoms with Crippen LogP contribution in [0.5, 0.6) is 0 Å². The normalized spacial score (nSPS) is 13.0. The molecule has 4 nitrogen and oxygen atoms in total. The van der Waals surface area contributed by atoms with Gasteiger partial charge in [0.1, 0.15) is 12.1 Å². The second kappa shape index (κ2) is 10.1. The number of hydrogen-bond acceptors (Lipinski definition) is 4. The molecule has 0 amide bonds. The van der Waals surface area contributed by atoms with E-state index in [9.17, 15) is 10.5 Å². The summed E-state index contributed by atoms with van der Waals surface area (Å²) in [7, 11) is 0. The van der Waals surface area contributed by atoms with E-state index in [2.05, 4.69) is 131 Å². The van der Waals surface area contributed by atoms with E-state index in [0.717, 1.165) is 43.8 Å². The van der Waals surface area contributed by atoms with E-state index >= 15 is 0 Å². The summed E-state index contributed by atoms with van der Waals surface area (Å²) < 4.78 is 0. The molecule has 8 aromatic rings. The van der Waals surface area contributed by atoms with Crippen LogP contribution in [0.15, 0.2) is 146 Å². The minimum Gasteiger partial charge on any atom is -0.263 e. The summed E-state index contributed by atoms with van der Waals surface area (Å²) in [5.41, 5.74) is 14.1. The summed E-state index contributed by atoms with van der Waals surface area (Å²) in [5, 5.41) is 24.2. The van der Waals surface area contributed by atoms with E-state index in [4.69, 9.17) is 0 Å². The molecule has 0 unspecified atom stereocenters. The van der Waals surface area contributed by atoms with Crippen LogP contribution in [-0.4, -0.2) is 9.97 Å². The maximum atomic E-state index is 9.82. The van der Waals surface area contributed by atoms with Gasteiger partial charge in [0.2, 0.25) is 0 Å². The smallest absolute Gasteiger partial charge is 0.101 e. The van der Waals surface area contributed by atoms with Crippen molar-refractivity contribution in [3.8, 4) is 56.6 Å². The van der Waals surface area contributed by atoms with Crippen molar-refractivity contribution < 1.29 is 0 Å². The third kappa shape index (κ3) is 3.55. The first-order valence-corrected chi connectivity index (χ1v) is 16.3. The molecule has 2 heterocycles. The Hall–Kier alpha value is -6.88. The Morgan fingerprint density at radius 2 is 0.816 bits per heavy atom. The second-order valence-electron chi connectivity index (χ2n) is 12.8. The van der Waals surface area contributed by atoms with E-state index < -0.39 is 5.41 Å². The van der Waals surface area contributed by atoms with E-state index in [-0.39, 0.29) is 0 Å². The highest BCUT2D eigenvalue weighted by Gasteiger charge is 2.53. The maximum Gasteiger partial charge on any atom is 0.101 e. The van der Waals surface area contributed by atoms with Crippen molar-refractivity contribution in [2.24, 2.45) is 0 Å². The van der Waals surface area contributed by atoms with Gasteiger partial charge in [0.05, 0.1) is 16.5 Å². The van der Waals surface area contributed by atoms with Gasteiger partial charge in [-0.05, 0) is 101 Å². The van der Waals surface area contributed by atoms with Gasteiger partial charge in [-0.3, -0.25) is 9.97 Å². The van der Waals surface area contributed by atoms with Gasteiger partial charge in [-0.15, -0.1) is 0 Å². The lowest BCUT2D eigenvalue weighted by atomic mass is 9.69. The molecule has 4 heteroatoms. The van der Waals surface area contributed by atoms with Gasteiger partial charge in [-0.1, -0.05) is 97.1 Å². The molecule has 0 N–H and O–H groups in total. The zero-order valence-corrected chi connectivity index (χ0v) is 26.1. The summed E-state index contributed by atoms with van der Waals surface area (Å²) >= 11 is 0. The Labute approximate surface area is 282 Å². The highest BCUT2D eigenvalue weighted by atomic mass is 14.6. The Kier molecular flexibility index (Phi) is 5.59. The standard InChI is InChI=1S/C45H24N4/c46-21-27-17-29(25-48-23-27)37-19-41-43(35-13-3-1-9-31(35)37)44-36-14-4-2-10-32(36)38(30-18-28(22-47)24-49-26-30)20-42(44)45(41)39-15-7-5-11-33(39)34-12-6-8-16-40(34)45/h1-20,23-26H. The van der Waals surface area contributed by atoms with Crippen LogP contribution in [0.3, 0.4) is 0 Å². The first-order valence-electron chi connectivity index (χ1n) is 16.3. The summed E-state index contributed by atoms with van der Waals surface area (Å²) in [5.74, 6) is 0. The van der Waals surface area contributed by atoms with Crippen molar-refractivity contribution in [3.05, 3.63) is 179 Å². The molecule has 0 bridgehead atoms.